The third kappa shape index (κ3) is 5.47. The van der Waals surface area contributed by atoms with Gasteiger partial charge >= 0.3 is 6.18 Å². The maximum atomic E-state index is 12.6. The van der Waals surface area contributed by atoms with Crippen molar-refractivity contribution < 1.29 is 22.8 Å². The van der Waals surface area contributed by atoms with Crippen LogP contribution in [0.25, 0.3) is 0 Å². The molecule has 0 aliphatic heterocycles. The van der Waals surface area contributed by atoms with Crippen molar-refractivity contribution in [3.63, 3.8) is 0 Å². The number of alkyl halides is 3. The number of nitrogens with one attached hydrogen (secondary N) is 2. The highest BCUT2D eigenvalue weighted by Crippen LogP contribution is 2.33. The first-order valence-electron chi connectivity index (χ1n) is 5.78. The topological polar surface area (TPSA) is 58.2 Å². The molecule has 8 heteroatoms. The van der Waals surface area contributed by atoms with Gasteiger partial charge in [0.1, 0.15) is 6.42 Å². The molecule has 1 aromatic carbocycles. The van der Waals surface area contributed by atoms with Gasteiger partial charge in [0.15, 0.2) is 0 Å². The molecule has 2 amide bonds. The van der Waals surface area contributed by atoms with Crippen LogP contribution in [0.3, 0.4) is 0 Å². The molecule has 0 atom stereocenters. The molecule has 0 aromatic heterocycles. The zero-order valence-corrected chi connectivity index (χ0v) is 11.5. The summed E-state index contributed by atoms with van der Waals surface area (Å²) < 4.78 is 37.7. The lowest BCUT2D eigenvalue weighted by atomic mass is 10.2. The van der Waals surface area contributed by atoms with Crippen LogP contribution in [0.15, 0.2) is 30.9 Å². The largest absolute Gasteiger partial charge is 0.416 e. The van der Waals surface area contributed by atoms with E-state index in [1.165, 1.54) is 6.08 Å². The first-order valence-corrected chi connectivity index (χ1v) is 6.16. The van der Waals surface area contributed by atoms with Crippen LogP contribution >= 0.6 is 11.6 Å². The van der Waals surface area contributed by atoms with E-state index in [1.54, 1.807) is 0 Å². The summed E-state index contributed by atoms with van der Waals surface area (Å²) in [5.41, 5.74) is -1.15. The van der Waals surface area contributed by atoms with Crippen molar-refractivity contribution in [2.45, 2.75) is 12.6 Å². The maximum Gasteiger partial charge on any atom is 0.416 e. The van der Waals surface area contributed by atoms with E-state index in [4.69, 9.17) is 11.6 Å². The Bertz CT molecular complexity index is 559. The van der Waals surface area contributed by atoms with E-state index >= 15 is 0 Å². The SMILES string of the molecule is C=CCNC(=O)CC(=O)Nc1cc(C(F)(F)F)ccc1Cl. The number of amides is 2. The Morgan fingerprint density at radius 3 is 2.52 bits per heavy atom. The molecule has 0 spiro atoms. The molecular weight excluding hydrogens is 309 g/mol. The fraction of sp³-hybridized carbons (Fsp3) is 0.231. The number of halogens is 4. The number of hydrogen-bond acceptors (Lipinski definition) is 2. The predicted molar refractivity (Wildman–Crippen MR) is 72.9 cm³/mol. The van der Waals surface area contributed by atoms with E-state index in [2.05, 4.69) is 17.2 Å². The number of carbonyl (C=O) groups excluding carboxylic acids is 2. The smallest absolute Gasteiger partial charge is 0.352 e. The molecule has 0 unspecified atom stereocenters. The highest BCUT2D eigenvalue weighted by Gasteiger charge is 2.31. The third-order valence-electron chi connectivity index (χ3n) is 2.33. The fourth-order valence-electron chi connectivity index (χ4n) is 1.39. The van der Waals surface area contributed by atoms with Crippen LogP contribution in [0.4, 0.5) is 18.9 Å². The van der Waals surface area contributed by atoms with E-state index < -0.39 is 30.0 Å². The summed E-state index contributed by atoms with van der Waals surface area (Å²) in [6, 6.07) is 2.54. The lowest BCUT2D eigenvalue weighted by Gasteiger charge is -2.11. The summed E-state index contributed by atoms with van der Waals surface area (Å²) in [5, 5.41) is 4.49. The molecule has 0 saturated heterocycles. The van der Waals surface area contributed by atoms with Crippen molar-refractivity contribution in [1.29, 1.82) is 0 Å². The average molecular weight is 321 g/mol. The van der Waals surface area contributed by atoms with Crippen LogP contribution < -0.4 is 10.6 Å². The van der Waals surface area contributed by atoms with E-state index in [0.717, 1.165) is 12.1 Å². The van der Waals surface area contributed by atoms with Crippen LogP contribution in [0, 0.1) is 0 Å². The van der Waals surface area contributed by atoms with Crippen molar-refractivity contribution in [1.82, 2.24) is 5.32 Å². The van der Waals surface area contributed by atoms with E-state index in [0.29, 0.717) is 6.07 Å². The Labute approximate surface area is 124 Å². The van der Waals surface area contributed by atoms with Gasteiger partial charge in [0, 0.05) is 6.54 Å². The molecule has 1 aromatic rings. The zero-order chi connectivity index (χ0) is 16.0. The molecule has 4 nitrogen and oxygen atoms in total. The van der Waals surface area contributed by atoms with Crippen molar-refractivity contribution in [3.8, 4) is 0 Å². The highest BCUT2D eigenvalue weighted by molar-refractivity contribution is 6.33. The van der Waals surface area contributed by atoms with Crippen molar-refractivity contribution in [2.75, 3.05) is 11.9 Å². The van der Waals surface area contributed by atoms with Crippen molar-refractivity contribution in [2.24, 2.45) is 0 Å². The summed E-state index contributed by atoms with van der Waals surface area (Å²) in [7, 11) is 0. The number of rotatable bonds is 5. The van der Waals surface area contributed by atoms with Gasteiger partial charge in [-0.05, 0) is 18.2 Å². The number of hydrogen-bond donors (Lipinski definition) is 2. The number of benzene rings is 1. The molecule has 0 aliphatic carbocycles. The van der Waals surface area contributed by atoms with Gasteiger partial charge in [0.2, 0.25) is 11.8 Å². The van der Waals surface area contributed by atoms with Crippen LogP contribution in [0.5, 0.6) is 0 Å². The lowest BCUT2D eigenvalue weighted by Crippen LogP contribution is -2.28. The zero-order valence-electron chi connectivity index (χ0n) is 10.8. The first-order chi connectivity index (χ1) is 9.74. The second kappa shape index (κ2) is 7.12. The van der Waals surface area contributed by atoms with Gasteiger partial charge in [-0.15, -0.1) is 6.58 Å². The van der Waals surface area contributed by atoms with Gasteiger partial charge in [-0.1, -0.05) is 17.7 Å². The molecule has 0 radical (unpaired) electrons. The van der Waals surface area contributed by atoms with Crippen LogP contribution in [-0.4, -0.2) is 18.4 Å². The molecule has 114 valence electrons. The van der Waals surface area contributed by atoms with E-state index in [1.807, 2.05) is 0 Å². The minimum atomic E-state index is -4.55. The Morgan fingerprint density at radius 1 is 1.29 bits per heavy atom. The van der Waals surface area contributed by atoms with E-state index in [9.17, 15) is 22.8 Å². The quantitative estimate of drug-likeness (QED) is 0.647. The average Bonchev–Trinajstić information content (AvgIpc) is 2.37. The summed E-state index contributed by atoms with van der Waals surface area (Å²) in [6.07, 6.45) is -3.65. The van der Waals surface area contributed by atoms with Crippen molar-refractivity contribution >= 4 is 29.1 Å². The summed E-state index contributed by atoms with van der Waals surface area (Å²) >= 11 is 5.71. The molecule has 0 aliphatic rings. The maximum absolute atomic E-state index is 12.6. The number of anilines is 1. The monoisotopic (exact) mass is 320 g/mol. The molecular formula is C13H12ClF3N2O2. The van der Waals surface area contributed by atoms with Crippen LogP contribution in [0.2, 0.25) is 5.02 Å². The third-order valence-corrected chi connectivity index (χ3v) is 2.66. The van der Waals surface area contributed by atoms with Gasteiger partial charge in [-0.2, -0.15) is 13.2 Å². The Balaban J connectivity index is 2.76. The second-order valence-electron chi connectivity index (χ2n) is 4.01. The minimum absolute atomic E-state index is 0.0529. The van der Waals surface area contributed by atoms with Gasteiger partial charge in [-0.25, -0.2) is 0 Å². The Kier molecular flexibility index (Phi) is 5.78. The van der Waals surface area contributed by atoms with Gasteiger partial charge in [-0.3, -0.25) is 9.59 Å². The standard InChI is InChI=1S/C13H12ClF3N2O2/c1-2-5-18-11(20)7-12(21)19-10-6-8(13(15,16)17)3-4-9(10)14/h2-4,6H,1,5,7H2,(H,18,20)(H,19,21). The molecule has 0 bridgehead atoms. The molecule has 0 heterocycles. The van der Waals surface area contributed by atoms with Crippen LogP contribution in [-0.2, 0) is 15.8 Å². The van der Waals surface area contributed by atoms with Gasteiger partial charge < -0.3 is 10.6 Å². The second-order valence-corrected chi connectivity index (χ2v) is 4.42. The molecule has 0 saturated carbocycles. The lowest BCUT2D eigenvalue weighted by molar-refractivity contribution is -0.137. The Morgan fingerprint density at radius 2 is 1.95 bits per heavy atom. The predicted octanol–water partition coefficient (Wildman–Crippen LogP) is 2.99. The minimum Gasteiger partial charge on any atom is -0.352 e. The molecule has 0 fully saturated rings. The number of carbonyl (C=O) groups is 2. The normalized spacial score (nSPS) is 10.9. The molecule has 1 rings (SSSR count). The summed E-state index contributed by atoms with van der Waals surface area (Å²) in [5.74, 6) is -1.34. The van der Waals surface area contributed by atoms with Crippen molar-refractivity contribution in [3.05, 3.63) is 41.4 Å². The Hall–Kier alpha value is -2.02. The van der Waals surface area contributed by atoms with Gasteiger partial charge in [0.05, 0.1) is 16.3 Å². The van der Waals surface area contributed by atoms with Crippen LogP contribution in [0.1, 0.15) is 12.0 Å². The summed E-state index contributed by atoms with van der Waals surface area (Å²) in [6.45, 7) is 3.58. The van der Waals surface area contributed by atoms with Gasteiger partial charge in [0.25, 0.3) is 0 Å². The first kappa shape index (κ1) is 17.0. The van der Waals surface area contributed by atoms with E-state index in [-0.39, 0.29) is 17.3 Å². The molecule has 21 heavy (non-hydrogen) atoms. The summed E-state index contributed by atoms with van der Waals surface area (Å²) in [4.78, 5) is 22.8. The molecule has 2 N–H and O–H groups in total. The highest BCUT2D eigenvalue weighted by atomic mass is 35.5. The fourth-order valence-corrected chi connectivity index (χ4v) is 1.55.